The summed E-state index contributed by atoms with van der Waals surface area (Å²) in [5, 5.41) is 38.4. The molecule has 6 heteroatoms. The molecule has 4 N–H and O–H groups in total. The van der Waals surface area contributed by atoms with Crippen LogP contribution in [0.5, 0.6) is 0 Å². The maximum absolute atomic E-state index is 12.2. The molecule has 1 heterocycles. The van der Waals surface area contributed by atoms with E-state index in [1.807, 2.05) is 30.3 Å². The van der Waals surface area contributed by atoms with Gasteiger partial charge in [-0.1, -0.05) is 30.3 Å². The molecule has 21 heavy (non-hydrogen) atoms. The second kappa shape index (κ2) is 6.82. The van der Waals surface area contributed by atoms with Gasteiger partial charge in [0.15, 0.2) is 0 Å². The third-order valence-corrected chi connectivity index (χ3v) is 3.61. The van der Waals surface area contributed by atoms with Crippen LogP contribution in [0.1, 0.15) is 5.56 Å². The Labute approximate surface area is 122 Å². The van der Waals surface area contributed by atoms with Gasteiger partial charge in [-0.05, 0) is 11.6 Å². The fourth-order valence-corrected chi connectivity index (χ4v) is 2.37. The van der Waals surface area contributed by atoms with Crippen LogP contribution in [0.15, 0.2) is 36.4 Å². The first kappa shape index (κ1) is 15.7. The van der Waals surface area contributed by atoms with Crippen LogP contribution >= 0.6 is 0 Å². The van der Waals surface area contributed by atoms with Crippen LogP contribution in [-0.4, -0.2) is 68.7 Å². The highest BCUT2D eigenvalue weighted by atomic mass is 16.4. The van der Waals surface area contributed by atoms with Crippen LogP contribution in [0, 0.1) is 0 Å². The van der Waals surface area contributed by atoms with Crippen molar-refractivity contribution in [3.05, 3.63) is 42.0 Å². The predicted molar refractivity (Wildman–Crippen MR) is 76.1 cm³/mol. The molecule has 1 amide bonds. The minimum Gasteiger partial charge on any atom is -0.394 e. The number of hydrogen-bond donors (Lipinski definition) is 4. The molecule has 114 valence electrons. The predicted octanol–water partition coefficient (Wildman–Crippen LogP) is -1.01. The molecular formula is C15H19NO5. The van der Waals surface area contributed by atoms with Gasteiger partial charge in [-0.25, -0.2) is 0 Å². The van der Waals surface area contributed by atoms with E-state index in [4.69, 9.17) is 0 Å². The zero-order chi connectivity index (χ0) is 15.4. The highest BCUT2D eigenvalue weighted by molar-refractivity contribution is 5.92. The third-order valence-electron chi connectivity index (χ3n) is 3.61. The Morgan fingerprint density at radius 3 is 2.48 bits per heavy atom. The normalized spacial score (nSPS) is 29.8. The first-order valence-electron chi connectivity index (χ1n) is 6.73. The summed E-state index contributed by atoms with van der Waals surface area (Å²) in [4.78, 5) is 13.3. The highest BCUT2D eigenvalue weighted by Crippen LogP contribution is 2.19. The monoisotopic (exact) mass is 293 g/mol. The number of benzene rings is 1. The lowest BCUT2D eigenvalue weighted by Gasteiger charge is -2.42. The smallest absolute Gasteiger partial charge is 0.247 e. The first-order valence-corrected chi connectivity index (χ1v) is 6.73. The van der Waals surface area contributed by atoms with Crippen LogP contribution < -0.4 is 0 Å². The summed E-state index contributed by atoms with van der Waals surface area (Å²) in [6, 6.07) is 8.26. The van der Waals surface area contributed by atoms with Crippen molar-refractivity contribution in [1.29, 1.82) is 0 Å². The molecule has 0 aliphatic carbocycles. The average molecular weight is 293 g/mol. The van der Waals surface area contributed by atoms with Gasteiger partial charge in [0.1, 0.15) is 18.3 Å². The number of carbonyl (C=O) groups is 1. The maximum atomic E-state index is 12.2. The molecular weight excluding hydrogens is 274 g/mol. The number of nitrogens with zero attached hydrogens (tertiary/aromatic N) is 1. The number of β-amino-alcohol motifs (C(OH)–C–C–N with tert-alkyl or cyclic N) is 1. The molecule has 1 aromatic carbocycles. The van der Waals surface area contributed by atoms with E-state index in [1.54, 1.807) is 6.08 Å². The second-order valence-corrected chi connectivity index (χ2v) is 5.03. The van der Waals surface area contributed by atoms with E-state index in [0.29, 0.717) is 0 Å². The minimum absolute atomic E-state index is 0.137. The molecule has 1 aliphatic rings. The Balaban J connectivity index is 2.11. The van der Waals surface area contributed by atoms with E-state index < -0.39 is 36.9 Å². The summed E-state index contributed by atoms with van der Waals surface area (Å²) in [5.74, 6) is -0.442. The molecule has 2 rings (SSSR count). The standard InChI is InChI=1S/C15H19NO5/c17-9-11-14(20)15(21)12(18)8-16(11)13(19)7-6-10-4-2-1-3-5-10/h1-7,11-12,14-15,17-18,20-21H,8-9H2/b7-6+/t11?,12-,14+,15+/m0/s1. The van der Waals surface area contributed by atoms with Gasteiger partial charge in [0, 0.05) is 6.08 Å². The second-order valence-electron chi connectivity index (χ2n) is 5.03. The van der Waals surface area contributed by atoms with Gasteiger partial charge in [-0.15, -0.1) is 0 Å². The molecule has 0 saturated carbocycles. The Bertz CT molecular complexity index is 504. The molecule has 0 spiro atoms. The molecule has 4 atom stereocenters. The molecule has 1 aromatic rings. The number of hydrogen-bond acceptors (Lipinski definition) is 5. The molecule has 1 fully saturated rings. The lowest BCUT2D eigenvalue weighted by molar-refractivity contribution is -0.162. The summed E-state index contributed by atoms with van der Waals surface area (Å²) >= 11 is 0. The lowest BCUT2D eigenvalue weighted by Crippen LogP contribution is -2.63. The first-order chi connectivity index (χ1) is 10.0. The zero-order valence-corrected chi connectivity index (χ0v) is 11.4. The van der Waals surface area contributed by atoms with E-state index >= 15 is 0 Å². The van der Waals surface area contributed by atoms with Crippen LogP contribution in [0.2, 0.25) is 0 Å². The number of aliphatic hydroxyl groups is 4. The molecule has 0 bridgehead atoms. The SMILES string of the molecule is O=C(/C=C/c1ccccc1)N1C[C@H](O)[C@@H](O)[C@H](O)C1CO. The Morgan fingerprint density at radius 2 is 1.86 bits per heavy atom. The van der Waals surface area contributed by atoms with E-state index in [-0.39, 0.29) is 6.54 Å². The quantitative estimate of drug-likeness (QED) is 0.535. The average Bonchev–Trinajstić information content (AvgIpc) is 2.51. The lowest BCUT2D eigenvalue weighted by atomic mass is 9.94. The van der Waals surface area contributed by atoms with Crippen LogP contribution in [-0.2, 0) is 4.79 Å². The number of rotatable bonds is 3. The number of piperidine rings is 1. The minimum atomic E-state index is -1.38. The number of carbonyl (C=O) groups excluding carboxylic acids is 1. The summed E-state index contributed by atoms with van der Waals surface area (Å²) in [6.45, 7) is -0.628. The summed E-state index contributed by atoms with van der Waals surface area (Å²) in [5.41, 5.74) is 0.838. The van der Waals surface area contributed by atoms with E-state index in [1.165, 1.54) is 11.0 Å². The van der Waals surface area contributed by atoms with Crippen molar-refractivity contribution >= 4 is 12.0 Å². The van der Waals surface area contributed by atoms with Crippen molar-refractivity contribution < 1.29 is 25.2 Å². The van der Waals surface area contributed by atoms with Crippen molar-refractivity contribution in [2.24, 2.45) is 0 Å². The van der Waals surface area contributed by atoms with Crippen molar-refractivity contribution in [3.8, 4) is 0 Å². The topological polar surface area (TPSA) is 101 Å². The van der Waals surface area contributed by atoms with E-state index in [9.17, 15) is 25.2 Å². The van der Waals surface area contributed by atoms with Crippen molar-refractivity contribution in [3.63, 3.8) is 0 Å². The number of aliphatic hydroxyl groups excluding tert-OH is 4. The summed E-state index contributed by atoms with van der Waals surface area (Å²) in [6.07, 6.45) is -1.07. The summed E-state index contributed by atoms with van der Waals surface area (Å²) < 4.78 is 0. The molecule has 0 aromatic heterocycles. The van der Waals surface area contributed by atoms with E-state index in [2.05, 4.69) is 0 Å². The Hall–Kier alpha value is -1.73. The van der Waals surface area contributed by atoms with Gasteiger partial charge in [0.25, 0.3) is 0 Å². The number of amides is 1. The molecule has 1 unspecified atom stereocenters. The fraction of sp³-hybridized carbons (Fsp3) is 0.400. The van der Waals surface area contributed by atoms with Gasteiger partial charge >= 0.3 is 0 Å². The highest BCUT2D eigenvalue weighted by Gasteiger charge is 2.42. The van der Waals surface area contributed by atoms with Crippen LogP contribution in [0.25, 0.3) is 6.08 Å². The number of likely N-dealkylation sites (tertiary alicyclic amines) is 1. The van der Waals surface area contributed by atoms with E-state index in [0.717, 1.165) is 5.56 Å². The summed E-state index contributed by atoms with van der Waals surface area (Å²) in [7, 11) is 0. The maximum Gasteiger partial charge on any atom is 0.247 e. The van der Waals surface area contributed by atoms with Crippen LogP contribution in [0.4, 0.5) is 0 Å². The molecule has 1 saturated heterocycles. The van der Waals surface area contributed by atoms with Crippen molar-refractivity contribution in [2.75, 3.05) is 13.2 Å². The molecule has 0 radical (unpaired) electrons. The third kappa shape index (κ3) is 3.48. The fourth-order valence-electron chi connectivity index (χ4n) is 2.37. The van der Waals surface area contributed by atoms with Gasteiger partial charge in [0.2, 0.25) is 5.91 Å². The molecule has 1 aliphatic heterocycles. The van der Waals surface area contributed by atoms with Crippen LogP contribution in [0.3, 0.4) is 0 Å². The van der Waals surface area contributed by atoms with Crippen molar-refractivity contribution in [2.45, 2.75) is 24.4 Å². The Morgan fingerprint density at radius 1 is 1.19 bits per heavy atom. The largest absolute Gasteiger partial charge is 0.394 e. The zero-order valence-electron chi connectivity index (χ0n) is 11.4. The van der Waals surface area contributed by atoms with Crippen molar-refractivity contribution in [1.82, 2.24) is 4.90 Å². The van der Waals surface area contributed by atoms with Gasteiger partial charge < -0.3 is 25.3 Å². The van der Waals surface area contributed by atoms with Gasteiger partial charge in [-0.2, -0.15) is 0 Å². The van der Waals surface area contributed by atoms with Gasteiger partial charge in [-0.3, -0.25) is 4.79 Å². The Kier molecular flexibility index (Phi) is 5.08. The molecule has 6 nitrogen and oxygen atoms in total. The van der Waals surface area contributed by atoms with Gasteiger partial charge in [0.05, 0.1) is 19.2 Å².